The maximum absolute atomic E-state index is 12.3. The normalized spacial score (nSPS) is 16.9. The number of hydrogen-bond acceptors (Lipinski definition) is 5. The minimum atomic E-state index is -3.42. The van der Waals surface area contributed by atoms with Gasteiger partial charge in [0.25, 0.3) is 0 Å². The Labute approximate surface area is 132 Å². The summed E-state index contributed by atoms with van der Waals surface area (Å²) in [6, 6.07) is 1.73. The Balaban J connectivity index is 1.94. The van der Waals surface area contributed by atoms with E-state index in [9.17, 15) is 8.42 Å². The van der Waals surface area contributed by atoms with Crippen molar-refractivity contribution in [1.82, 2.24) is 14.9 Å². The molecular weight excluding hydrogens is 362 g/mol. The maximum Gasteiger partial charge on any atom is 0.242 e. The largest absolute Gasteiger partial charge is 0.315 e. The highest BCUT2D eigenvalue weighted by Crippen LogP contribution is 2.31. The average Bonchev–Trinajstić information content (AvgIpc) is 2.99. The number of nitrogens with zero attached hydrogens (tertiary/aromatic N) is 1. The Hall–Kier alpha value is 0.01000. The molecule has 2 heterocycles. The molecule has 0 aliphatic carbocycles. The second-order valence-electron chi connectivity index (χ2n) is 4.83. The molecule has 1 fully saturated rings. The van der Waals surface area contributed by atoms with E-state index in [2.05, 4.69) is 30.9 Å². The fourth-order valence-electron chi connectivity index (χ4n) is 2.26. The van der Waals surface area contributed by atoms with Gasteiger partial charge in [0, 0.05) is 24.5 Å². The molecule has 0 unspecified atom stereocenters. The van der Waals surface area contributed by atoms with Gasteiger partial charge in [-0.05, 0) is 55.0 Å². The van der Waals surface area contributed by atoms with Crippen molar-refractivity contribution in [2.45, 2.75) is 24.3 Å². The third-order valence-corrected chi connectivity index (χ3v) is 6.98. The molecule has 1 saturated heterocycles. The summed E-state index contributed by atoms with van der Waals surface area (Å²) in [6.07, 6.45) is 2.44. The summed E-state index contributed by atoms with van der Waals surface area (Å²) in [7, 11) is -1.58. The van der Waals surface area contributed by atoms with E-state index < -0.39 is 10.0 Å². The Morgan fingerprint density at radius 1 is 1.40 bits per heavy atom. The molecule has 1 aliphatic heterocycles. The van der Waals surface area contributed by atoms with Crippen molar-refractivity contribution in [3.63, 3.8) is 0 Å². The third-order valence-electron chi connectivity index (χ3n) is 3.27. The number of thiophene rings is 1. The van der Waals surface area contributed by atoms with Crippen LogP contribution in [0.4, 0.5) is 0 Å². The molecule has 2 N–H and O–H groups in total. The Kier molecular flexibility index (Phi) is 6.00. The first-order valence-electron chi connectivity index (χ1n) is 6.68. The molecular formula is C12H20BrN3O2S2. The van der Waals surface area contributed by atoms with E-state index in [0.29, 0.717) is 21.8 Å². The molecule has 1 aromatic rings. The lowest BCUT2D eigenvalue weighted by Gasteiger charge is -2.14. The lowest BCUT2D eigenvalue weighted by Crippen LogP contribution is -2.33. The van der Waals surface area contributed by atoms with Crippen LogP contribution in [-0.2, 0) is 16.6 Å². The number of likely N-dealkylation sites (tertiary alicyclic amines) is 1. The van der Waals surface area contributed by atoms with Gasteiger partial charge < -0.3 is 10.2 Å². The molecule has 0 atom stereocenters. The summed E-state index contributed by atoms with van der Waals surface area (Å²) in [5.41, 5.74) is 0. The monoisotopic (exact) mass is 381 g/mol. The van der Waals surface area contributed by atoms with Crippen molar-refractivity contribution in [2.75, 3.05) is 33.2 Å². The number of nitrogens with one attached hydrogen (secondary N) is 2. The molecule has 2 rings (SSSR count). The fourth-order valence-corrected chi connectivity index (χ4v) is 5.98. The van der Waals surface area contributed by atoms with Gasteiger partial charge in [0.1, 0.15) is 4.90 Å². The first-order chi connectivity index (χ1) is 9.53. The smallest absolute Gasteiger partial charge is 0.242 e. The van der Waals surface area contributed by atoms with Gasteiger partial charge in [0.15, 0.2) is 0 Å². The molecule has 0 amide bonds. The Morgan fingerprint density at radius 3 is 2.75 bits per heavy atom. The van der Waals surface area contributed by atoms with Crippen LogP contribution in [0.5, 0.6) is 0 Å². The van der Waals surface area contributed by atoms with Gasteiger partial charge >= 0.3 is 0 Å². The summed E-state index contributed by atoms with van der Waals surface area (Å²) < 4.78 is 27.9. The molecule has 20 heavy (non-hydrogen) atoms. The number of hydrogen-bond donors (Lipinski definition) is 2. The SMILES string of the molecule is CNCc1cc(S(=O)(=O)NCCN2CCCC2)c(Br)s1. The standard InChI is InChI=1S/C12H20BrN3O2S2/c1-14-9-10-8-11(12(13)19-10)20(17,18)15-4-7-16-5-2-3-6-16/h8,14-15H,2-7,9H2,1H3. The van der Waals surface area contributed by atoms with Crippen molar-refractivity contribution in [3.8, 4) is 0 Å². The minimum Gasteiger partial charge on any atom is -0.315 e. The molecule has 1 aliphatic rings. The van der Waals surface area contributed by atoms with Gasteiger partial charge in [-0.15, -0.1) is 11.3 Å². The third kappa shape index (κ3) is 4.25. The van der Waals surface area contributed by atoms with Gasteiger partial charge in [-0.1, -0.05) is 0 Å². The van der Waals surface area contributed by atoms with Crippen LogP contribution < -0.4 is 10.0 Å². The second-order valence-corrected chi connectivity index (χ2v) is 9.02. The number of rotatable bonds is 7. The zero-order chi connectivity index (χ0) is 14.6. The molecule has 0 spiro atoms. The lowest BCUT2D eigenvalue weighted by molar-refractivity contribution is 0.344. The van der Waals surface area contributed by atoms with Gasteiger partial charge in [0.05, 0.1) is 3.79 Å². The summed E-state index contributed by atoms with van der Waals surface area (Å²) in [6.45, 7) is 4.08. The van der Waals surface area contributed by atoms with Gasteiger partial charge in [-0.25, -0.2) is 13.1 Å². The molecule has 0 saturated carbocycles. The van der Waals surface area contributed by atoms with E-state index in [1.165, 1.54) is 24.2 Å². The van der Waals surface area contributed by atoms with Crippen LogP contribution in [0.15, 0.2) is 14.7 Å². The average molecular weight is 382 g/mol. The maximum atomic E-state index is 12.3. The van der Waals surface area contributed by atoms with Crippen molar-refractivity contribution >= 4 is 37.3 Å². The number of halogens is 1. The Bertz CT molecular complexity index is 539. The van der Waals surface area contributed by atoms with Gasteiger partial charge in [-0.3, -0.25) is 0 Å². The molecule has 0 bridgehead atoms. The van der Waals surface area contributed by atoms with E-state index in [-0.39, 0.29) is 0 Å². The Morgan fingerprint density at radius 2 is 2.10 bits per heavy atom. The topological polar surface area (TPSA) is 61.4 Å². The van der Waals surface area contributed by atoms with Crippen LogP contribution in [0, 0.1) is 0 Å². The van der Waals surface area contributed by atoms with Crippen LogP contribution in [0.2, 0.25) is 0 Å². The van der Waals surface area contributed by atoms with E-state index >= 15 is 0 Å². The summed E-state index contributed by atoms with van der Waals surface area (Å²) >= 11 is 4.79. The predicted molar refractivity (Wildman–Crippen MR) is 85.6 cm³/mol. The van der Waals surface area contributed by atoms with Crippen molar-refractivity contribution < 1.29 is 8.42 Å². The summed E-state index contributed by atoms with van der Waals surface area (Å²) in [4.78, 5) is 3.63. The van der Waals surface area contributed by atoms with E-state index in [1.807, 2.05) is 7.05 Å². The summed E-state index contributed by atoms with van der Waals surface area (Å²) in [5, 5.41) is 3.02. The quantitative estimate of drug-likeness (QED) is 0.752. The molecule has 8 heteroatoms. The van der Waals surface area contributed by atoms with Crippen molar-refractivity contribution in [1.29, 1.82) is 0 Å². The van der Waals surface area contributed by atoms with Crippen LogP contribution >= 0.6 is 27.3 Å². The van der Waals surface area contributed by atoms with Crippen molar-refractivity contribution in [3.05, 3.63) is 14.7 Å². The highest BCUT2D eigenvalue weighted by atomic mass is 79.9. The second kappa shape index (κ2) is 7.33. The molecule has 114 valence electrons. The zero-order valence-corrected chi connectivity index (χ0v) is 14.7. The van der Waals surface area contributed by atoms with E-state index in [1.54, 1.807) is 6.07 Å². The van der Waals surface area contributed by atoms with Crippen LogP contribution in [-0.4, -0.2) is 46.5 Å². The predicted octanol–water partition coefficient (Wildman–Crippen LogP) is 1.60. The van der Waals surface area contributed by atoms with E-state index in [0.717, 1.165) is 24.5 Å². The van der Waals surface area contributed by atoms with E-state index in [4.69, 9.17) is 0 Å². The highest BCUT2D eigenvalue weighted by Gasteiger charge is 2.21. The van der Waals surface area contributed by atoms with Crippen LogP contribution in [0.25, 0.3) is 0 Å². The minimum absolute atomic E-state index is 0.342. The molecule has 0 aromatic carbocycles. The first kappa shape index (κ1) is 16.4. The van der Waals surface area contributed by atoms with Crippen LogP contribution in [0.3, 0.4) is 0 Å². The molecule has 5 nitrogen and oxygen atoms in total. The molecule has 0 radical (unpaired) electrons. The van der Waals surface area contributed by atoms with Gasteiger partial charge in [0.2, 0.25) is 10.0 Å². The fraction of sp³-hybridized carbons (Fsp3) is 0.667. The molecule has 1 aromatic heterocycles. The number of sulfonamides is 1. The summed E-state index contributed by atoms with van der Waals surface area (Å²) in [5.74, 6) is 0. The van der Waals surface area contributed by atoms with Gasteiger partial charge in [-0.2, -0.15) is 0 Å². The first-order valence-corrected chi connectivity index (χ1v) is 9.77. The van der Waals surface area contributed by atoms with Crippen molar-refractivity contribution in [2.24, 2.45) is 0 Å². The van der Waals surface area contributed by atoms with Crippen LogP contribution in [0.1, 0.15) is 17.7 Å². The lowest BCUT2D eigenvalue weighted by atomic mass is 10.4. The highest BCUT2D eigenvalue weighted by molar-refractivity contribution is 9.11. The zero-order valence-electron chi connectivity index (χ0n) is 11.5.